The van der Waals surface area contributed by atoms with Crippen LogP contribution in [0.1, 0.15) is 44.2 Å². The van der Waals surface area contributed by atoms with E-state index in [1.807, 2.05) is 55.5 Å². The first-order valence-electron chi connectivity index (χ1n) is 9.68. The fourth-order valence-electron chi connectivity index (χ4n) is 2.75. The molecule has 0 N–H and O–H groups in total. The van der Waals surface area contributed by atoms with E-state index in [9.17, 15) is 4.79 Å². The highest BCUT2D eigenvalue weighted by Crippen LogP contribution is 2.22. The molecule has 1 aliphatic rings. The molecule has 2 aromatic carbocycles. The van der Waals surface area contributed by atoms with Crippen molar-refractivity contribution in [2.45, 2.75) is 33.1 Å². The molecule has 0 fully saturated rings. The van der Waals surface area contributed by atoms with E-state index in [4.69, 9.17) is 14.2 Å². The summed E-state index contributed by atoms with van der Waals surface area (Å²) in [6, 6.07) is 14.9. The van der Waals surface area contributed by atoms with Crippen LogP contribution in [0.25, 0.3) is 6.08 Å². The molecular weight excluding hydrogens is 354 g/mol. The standard InChI is InChI=1S/C23H25NO4/c1-3-5-6-15-27-20-11-7-17(8-12-20)16-21-23(25)28-22(24-21)18-9-13-19(14-10-18)26-4-2/h7-14,16H,3-6,15H2,1-2H3/b21-16-. The monoisotopic (exact) mass is 379 g/mol. The zero-order chi connectivity index (χ0) is 19.8. The maximum Gasteiger partial charge on any atom is 0.363 e. The second kappa shape index (κ2) is 9.74. The topological polar surface area (TPSA) is 57.1 Å². The fourth-order valence-corrected chi connectivity index (χ4v) is 2.75. The van der Waals surface area contributed by atoms with Crippen LogP contribution in [0.3, 0.4) is 0 Å². The Hall–Kier alpha value is -3.08. The number of aliphatic imine (C=N–C) groups is 1. The molecule has 28 heavy (non-hydrogen) atoms. The first-order valence-corrected chi connectivity index (χ1v) is 9.68. The number of cyclic esters (lactones) is 1. The van der Waals surface area contributed by atoms with Gasteiger partial charge in [0, 0.05) is 5.56 Å². The van der Waals surface area contributed by atoms with Crippen LogP contribution in [-0.2, 0) is 9.53 Å². The molecule has 146 valence electrons. The molecule has 2 aromatic rings. The number of esters is 1. The largest absolute Gasteiger partial charge is 0.494 e. The molecule has 0 atom stereocenters. The third-order valence-corrected chi connectivity index (χ3v) is 4.23. The van der Waals surface area contributed by atoms with Crippen LogP contribution >= 0.6 is 0 Å². The second-order valence-corrected chi connectivity index (χ2v) is 6.42. The molecule has 0 unspecified atom stereocenters. The molecule has 3 rings (SSSR count). The van der Waals surface area contributed by atoms with Crippen molar-refractivity contribution in [2.75, 3.05) is 13.2 Å². The lowest BCUT2D eigenvalue weighted by atomic mass is 10.2. The summed E-state index contributed by atoms with van der Waals surface area (Å²) in [6.07, 6.45) is 5.11. The van der Waals surface area contributed by atoms with Gasteiger partial charge in [0.1, 0.15) is 11.5 Å². The van der Waals surface area contributed by atoms with Gasteiger partial charge in [-0.15, -0.1) is 0 Å². The molecule has 0 aromatic heterocycles. The van der Waals surface area contributed by atoms with Gasteiger partial charge >= 0.3 is 5.97 Å². The molecule has 0 spiro atoms. The minimum absolute atomic E-state index is 0.278. The summed E-state index contributed by atoms with van der Waals surface area (Å²) >= 11 is 0. The lowest BCUT2D eigenvalue weighted by molar-refractivity contribution is -0.129. The van der Waals surface area contributed by atoms with E-state index in [-0.39, 0.29) is 5.70 Å². The van der Waals surface area contributed by atoms with Crippen LogP contribution in [0, 0.1) is 0 Å². The molecule has 1 heterocycles. The van der Waals surface area contributed by atoms with Crippen molar-refractivity contribution in [2.24, 2.45) is 4.99 Å². The van der Waals surface area contributed by atoms with Gasteiger partial charge in [-0.05, 0) is 61.4 Å². The summed E-state index contributed by atoms with van der Waals surface area (Å²) in [5, 5.41) is 0. The van der Waals surface area contributed by atoms with Crippen LogP contribution < -0.4 is 9.47 Å². The summed E-state index contributed by atoms with van der Waals surface area (Å²) in [5.41, 5.74) is 1.88. The van der Waals surface area contributed by atoms with E-state index >= 15 is 0 Å². The summed E-state index contributed by atoms with van der Waals surface area (Å²) in [7, 11) is 0. The van der Waals surface area contributed by atoms with E-state index < -0.39 is 5.97 Å². The van der Waals surface area contributed by atoms with Gasteiger partial charge in [-0.2, -0.15) is 0 Å². The predicted octanol–water partition coefficient (Wildman–Crippen LogP) is 5.00. The van der Waals surface area contributed by atoms with Gasteiger partial charge in [0.05, 0.1) is 13.2 Å². The lowest BCUT2D eigenvalue weighted by Gasteiger charge is -2.05. The van der Waals surface area contributed by atoms with Crippen molar-refractivity contribution in [3.63, 3.8) is 0 Å². The highest BCUT2D eigenvalue weighted by atomic mass is 16.6. The number of hydrogen-bond acceptors (Lipinski definition) is 5. The van der Waals surface area contributed by atoms with Crippen molar-refractivity contribution in [3.05, 3.63) is 65.4 Å². The normalized spacial score (nSPS) is 14.7. The molecule has 0 saturated carbocycles. The molecule has 5 heteroatoms. The predicted molar refractivity (Wildman–Crippen MR) is 110 cm³/mol. The lowest BCUT2D eigenvalue weighted by Crippen LogP contribution is -2.05. The number of ether oxygens (including phenoxy) is 3. The van der Waals surface area contributed by atoms with E-state index in [1.54, 1.807) is 6.08 Å². The van der Waals surface area contributed by atoms with Crippen molar-refractivity contribution in [1.82, 2.24) is 0 Å². The SMILES string of the molecule is CCCCCOc1ccc(/C=C2\N=C(c3ccc(OCC)cc3)OC2=O)cc1. The van der Waals surface area contributed by atoms with E-state index in [0.29, 0.717) is 12.5 Å². The van der Waals surface area contributed by atoms with Gasteiger partial charge in [-0.25, -0.2) is 9.79 Å². The second-order valence-electron chi connectivity index (χ2n) is 6.42. The van der Waals surface area contributed by atoms with Crippen LogP contribution in [0.15, 0.2) is 59.2 Å². The smallest absolute Gasteiger partial charge is 0.363 e. The van der Waals surface area contributed by atoms with Crippen LogP contribution in [0.5, 0.6) is 11.5 Å². The fraction of sp³-hybridized carbons (Fsp3) is 0.304. The first-order chi connectivity index (χ1) is 13.7. The minimum Gasteiger partial charge on any atom is -0.494 e. The quantitative estimate of drug-likeness (QED) is 0.350. The number of hydrogen-bond donors (Lipinski definition) is 0. The van der Waals surface area contributed by atoms with E-state index in [2.05, 4.69) is 11.9 Å². The van der Waals surface area contributed by atoms with Crippen LogP contribution in [0.4, 0.5) is 0 Å². The molecule has 5 nitrogen and oxygen atoms in total. The Morgan fingerprint density at radius 3 is 2.29 bits per heavy atom. The van der Waals surface area contributed by atoms with Crippen LogP contribution in [-0.4, -0.2) is 25.1 Å². The highest BCUT2D eigenvalue weighted by Gasteiger charge is 2.24. The van der Waals surface area contributed by atoms with E-state index in [0.717, 1.165) is 35.7 Å². The molecule has 0 radical (unpaired) electrons. The molecule has 0 bridgehead atoms. The molecule has 1 aliphatic heterocycles. The number of nitrogens with zero attached hydrogens (tertiary/aromatic N) is 1. The van der Waals surface area contributed by atoms with Crippen molar-refractivity contribution < 1.29 is 19.0 Å². The van der Waals surface area contributed by atoms with Gasteiger partial charge in [-0.3, -0.25) is 0 Å². The molecular formula is C23H25NO4. The number of carbonyl (C=O) groups is 1. The zero-order valence-electron chi connectivity index (χ0n) is 16.3. The van der Waals surface area contributed by atoms with Crippen molar-refractivity contribution in [3.8, 4) is 11.5 Å². The van der Waals surface area contributed by atoms with Crippen LogP contribution in [0.2, 0.25) is 0 Å². The van der Waals surface area contributed by atoms with Crippen molar-refractivity contribution >= 4 is 17.9 Å². The Kier molecular flexibility index (Phi) is 6.84. The number of rotatable bonds is 9. The van der Waals surface area contributed by atoms with Crippen molar-refractivity contribution in [1.29, 1.82) is 0 Å². The maximum atomic E-state index is 12.1. The third-order valence-electron chi connectivity index (χ3n) is 4.23. The van der Waals surface area contributed by atoms with Gasteiger partial charge < -0.3 is 14.2 Å². The summed E-state index contributed by atoms with van der Waals surface area (Å²) < 4.78 is 16.4. The molecule has 0 amide bonds. The highest BCUT2D eigenvalue weighted by molar-refractivity contribution is 6.12. The Labute approximate surface area is 165 Å². The summed E-state index contributed by atoms with van der Waals surface area (Å²) in [6.45, 7) is 5.42. The van der Waals surface area contributed by atoms with Gasteiger partial charge in [-0.1, -0.05) is 31.9 Å². The number of benzene rings is 2. The Morgan fingerprint density at radius 2 is 1.61 bits per heavy atom. The summed E-state index contributed by atoms with van der Waals surface area (Å²) in [5.74, 6) is 1.44. The van der Waals surface area contributed by atoms with Gasteiger partial charge in [0.2, 0.25) is 5.90 Å². The van der Waals surface area contributed by atoms with Gasteiger partial charge in [0.15, 0.2) is 5.70 Å². The zero-order valence-corrected chi connectivity index (χ0v) is 16.3. The Morgan fingerprint density at radius 1 is 0.929 bits per heavy atom. The van der Waals surface area contributed by atoms with Gasteiger partial charge in [0.25, 0.3) is 0 Å². The first kappa shape index (κ1) is 19.7. The van der Waals surface area contributed by atoms with E-state index in [1.165, 1.54) is 12.8 Å². The molecule has 0 saturated heterocycles. The summed E-state index contributed by atoms with van der Waals surface area (Å²) in [4.78, 5) is 16.5. The Balaban J connectivity index is 1.67. The molecule has 0 aliphatic carbocycles. The average Bonchev–Trinajstić information content (AvgIpc) is 3.08. The maximum absolute atomic E-state index is 12.1. The minimum atomic E-state index is -0.455. The average molecular weight is 379 g/mol. The Bertz CT molecular complexity index is 851. The number of unbranched alkanes of at least 4 members (excludes halogenated alkanes) is 2. The third kappa shape index (κ3) is 5.22. The number of carbonyl (C=O) groups excluding carboxylic acids is 1.